The Labute approximate surface area is 148 Å². The second-order valence-corrected chi connectivity index (χ2v) is 8.86. The van der Waals surface area contributed by atoms with Crippen LogP contribution in [0.1, 0.15) is 37.1 Å². The van der Waals surface area contributed by atoms with Crippen LogP contribution in [0.5, 0.6) is 0 Å². The first-order valence-corrected chi connectivity index (χ1v) is 10.3. The number of carbonyl (C=O) groups is 1. The van der Waals surface area contributed by atoms with Gasteiger partial charge in [-0.05, 0) is 38.7 Å². The van der Waals surface area contributed by atoms with Crippen LogP contribution in [0.3, 0.4) is 0 Å². The molecule has 0 radical (unpaired) electrons. The summed E-state index contributed by atoms with van der Waals surface area (Å²) in [6.45, 7) is 4.42. The van der Waals surface area contributed by atoms with Crippen LogP contribution < -0.4 is 5.32 Å². The average Bonchev–Trinajstić information content (AvgIpc) is 3.15. The summed E-state index contributed by atoms with van der Waals surface area (Å²) in [7, 11) is -3.21. The highest BCUT2D eigenvalue weighted by Gasteiger charge is 2.36. The summed E-state index contributed by atoms with van der Waals surface area (Å²) in [5.74, 6) is 0. The van der Waals surface area contributed by atoms with Crippen molar-refractivity contribution in [1.82, 2.24) is 24.5 Å². The lowest BCUT2D eigenvalue weighted by atomic mass is 10.1. The summed E-state index contributed by atoms with van der Waals surface area (Å²) in [5, 5.41) is 2.48. The zero-order valence-electron chi connectivity index (χ0n) is 14.5. The molecular formula is C16H25N5O3S. The SMILES string of the molecule is Cc1cc(CNC(=O)N2CCC(S(=O)(=O)N3CCCC3)CC2)ncn1. The monoisotopic (exact) mass is 367 g/mol. The normalized spacial score (nSPS) is 20.0. The molecule has 1 aromatic rings. The molecule has 2 fully saturated rings. The standard InChI is InChI=1S/C16H25N5O3S/c1-13-10-14(19-12-18-13)11-17-16(22)20-8-4-15(5-9-20)25(23,24)21-6-2-3-7-21/h10,12,15H,2-9,11H2,1H3,(H,17,22). The van der Waals surface area contributed by atoms with Gasteiger partial charge in [0.1, 0.15) is 6.33 Å². The molecule has 0 saturated carbocycles. The highest BCUT2D eigenvalue weighted by atomic mass is 32.2. The van der Waals surface area contributed by atoms with E-state index in [0.29, 0.717) is 45.6 Å². The molecule has 3 rings (SSSR count). The van der Waals surface area contributed by atoms with Crippen molar-refractivity contribution in [2.75, 3.05) is 26.2 Å². The van der Waals surface area contributed by atoms with E-state index in [-0.39, 0.29) is 11.3 Å². The van der Waals surface area contributed by atoms with Gasteiger partial charge < -0.3 is 10.2 Å². The lowest BCUT2D eigenvalue weighted by Gasteiger charge is -2.33. The molecule has 3 heterocycles. The second kappa shape index (κ2) is 7.65. The minimum absolute atomic E-state index is 0.173. The molecule has 0 spiro atoms. The van der Waals surface area contributed by atoms with Gasteiger partial charge in [-0.25, -0.2) is 27.5 Å². The molecule has 0 unspecified atom stereocenters. The maximum atomic E-state index is 12.6. The highest BCUT2D eigenvalue weighted by Crippen LogP contribution is 2.24. The maximum Gasteiger partial charge on any atom is 0.317 e. The lowest BCUT2D eigenvalue weighted by molar-refractivity contribution is 0.185. The highest BCUT2D eigenvalue weighted by molar-refractivity contribution is 7.89. The molecule has 2 aliphatic rings. The Bertz CT molecular complexity index is 710. The van der Waals surface area contributed by atoms with E-state index in [4.69, 9.17) is 0 Å². The van der Waals surface area contributed by atoms with Crippen LogP contribution in [0.2, 0.25) is 0 Å². The third-order valence-electron chi connectivity index (χ3n) is 4.86. The van der Waals surface area contributed by atoms with Crippen LogP contribution in [0.25, 0.3) is 0 Å². The van der Waals surface area contributed by atoms with Gasteiger partial charge in [0.15, 0.2) is 0 Å². The molecule has 0 bridgehead atoms. The number of piperidine rings is 1. The van der Waals surface area contributed by atoms with Crippen molar-refractivity contribution in [3.8, 4) is 0 Å². The van der Waals surface area contributed by atoms with Crippen LogP contribution in [0.15, 0.2) is 12.4 Å². The van der Waals surface area contributed by atoms with Crippen LogP contribution in [-0.2, 0) is 16.6 Å². The number of rotatable bonds is 4. The molecule has 1 N–H and O–H groups in total. The number of urea groups is 1. The van der Waals surface area contributed by atoms with E-state index in [1.165, 1.54) is 6.33 Å². The molecule has 0 aliphatic carbocycles. The Morgan fingerprint density at radius 2 is 1.88 bits per heavy atom. The van der Waals surface area contributed by atoms with E-state index >= 15 is 0 Å². The number of sulfonamides is 1. The third-order valence-corrected chi connectivity index (χ3v) is 7.26. The van der Waals surface area contributed by atoms with Gasteiger partial charge in [-0.1, -0.05) is 0 Å². The van der Waals surface area contributed by atoms with Crippen molar-refractivity contribution in [3.63, 3.8) is 0 Å². The van der Waals surface area contributed by atoms with E-state index < -0.39 is 10.0 Å². The first kappa shape index (κ1) is 18.1. The molecule has 0 aromatic carbocycles. The molecule has 2 aliphatic heterocycles. The fourth-order valence-corrected chi connectivity index (χ4v) is 5.39. The molecule has 8 nitrogen and oxygen atoms in total. The minimum atomic E-state index is -3.21. The number of aromatic nitrogens is 2. The molecule has 2 amide bonds. The van der Waals surface area contributed by atoms with E-state index in [1.54, 1.807) is 9.21 Å². The van der Waals surface area contributed by atoms with Gasteiger partial charge in [0, 0.05) is 31.9 Å². The Kier molecular flexibility index (Phi) is 5.53. The summed E-state index contributed by atoms with van der Waals surface area (Å²) in [6.07, 6.45) is 4.37. The smallest absolute Gasteiger partial charge is 0.317 e. The van der Waals surface area contributed by atoms with Gasteiger partial charge in [0.25, 0.3) is 0 Å². The van der Waals surface area contributed by atoms with Crippen LogP contribution in [0.4, 0.5) is 4.79 Å². The number of hydrogen-bond donors (Lipinski definition) is 1. The zero-order chi connectivity index (χ0) is 17.9. The summed E-state index contributed by atoms with van der Waals surface area (Å²) in [5.41, 5.74) is 1.61. The van der Waals surface area contributed by atoms with Gasteiger partial charge >= 0.3 is 6.03 Å². The first-order valence-electron chi connectivity index (χ1n) is 8.76. The van der Waals surface area contributed by atoms with Crippen LogP contribution >= 0.6 is 0 Å². The van der Waals surface area contributed by atoms with E-state index in [0.717, 1.165) is 24.2 Å². The Hall–Kier alpha value is -1.74. The van der Waals surface area contributed by atoms with Gasteiger partial charge in [-0.15, -0.1) is 0 Å². The predicted molar refractivity (Wildman–Crippen MR) is 93.3 cm³/mol. The molecular weight excluding hydrogens is 342 g/mol. The number of aryl methyl sites for hydroxylation is 1. The Morgan fingerprint density at radius 1 is 1.20 bits per heavy atom. The predicted octanol–water partition coefficient (Wildman–Crippen LogP) is 0.885. The fourth-order valence-electron chi connectivity index (χ4n) is 3.39. The quantitative estimate of drug-likeness (QED) is 0.852. The average molecular weight is 367 g/mol. The minimum Gasteiger partial charge on any atom is -0.332 e. The van der Waals surface area contributed by atoms with Crippen molar-refractivity contribution in [2.45, 2.75) is 44.4 Å². The van der Waals surface area contributed by atoms with Crippen molar-refractivity contribution in [3.05, 3.63) is 23.8 Å². The maximum absolute atomic E-state index is 12.6. The molecule has 138 valence electrons. The molecule has 25 heavy (non-hydrogen) atoms. The number of likely N-dealkylation sites (tertiary alicyclic amines) is 1. The number of nitrogens with one attached hydrogen (secondary N) is 1. The summed E-state index contributed by atoms with van der Waals surface area (Å²) >= 11 is 0. The fraction of sp³-hybridized carbons (Fsp3) is 0.688. The van der Waals surface area contributed by atoms with E-state index in [9.17, 15) is 13.2 Å². The number of hydrogen-bond acceptors (Lipinski definition) is 5. The first-order chi connectivity index (χ1) is 12.0. The zero-order valence-corrected chi connectivity index (χ0v) is 15.3. The Balaban J connectivity index is 1.49. The molecule has 0 atom stereocenters. The van der Waals surface area contributed by atoms with Crippen molar-refractivity contribution in [2.24, 2.45) is 0 Å². The van der Waals surface area contributed by atoms with Gasteiger partial charge in [0.05, 0.1) is 17.5 Å². The number of nitrogens with zero attached hydrogens (tertiary/aromatic N) is 4. The molecule has 9 heteroatoms. The van der Waals surface area contributed by atoms with Gasteiger partial charge in [0.2, 0.25) is 10.0 Å². The van der Waals surface area contributed by atoms with Crippen LogP contribution in [0, 0.1) is 6.92 Å². The number of amides is 2. The van der Waals surface area contributed by atoms with E-state index in [1.807, 2.05) is 13.0 Å². The van der Waals surface area contributed by atoms with Gasteiger partial charge in [-0.3, -0.25) is 0 Å². The third kappa shape index (κ3) is 4.27. The van der Waals surface area contributed by atoms with Crippen molar-refractivity contribution in [1.29, 1.82) is 0 Å². The topological polar surface area (TPSA) is 95.5 Å². The Morgan fingerprint density at radius 3 is 2.52 bits per heavy atom. The summed E-state index contributed by atoms with van der Waals surface area (Å²) in [6, 6.07) is 1.66. The summed E-state index contributed by atoms with van der Waals surface area (Å²) < 4.78 is 26.8. The largest absolute Gasteiger partial charge is 0.332 e. The number of carbonyl (C=O) groups excluding carboxylic acids is 1. The van der Waals surface area contributed by atoms with Crippen LogP contribution in [-0.4, -0.2) is 65.1 Å². The van der Waals surface area contributed by atoms with Crippen molar-refractivity contribution >= 4 is 16.1 Å². The molecule has 2 saturated heterocycles. The second-order valence-electron chi connectivity index (χ2n) is 6.65. The summed E-state index contributed by atoms with van der Waals surface area (Å²) in [4.78, 5) is 22.1. The lowest BCUT2D eigenvalue weighted by Crippen LogP contribution is -2.48. The van der Waals surface area contributed by atoms with E-state index in [2.05, 4.69) is 15.3 Å². The molecule has 1 aromatic heterocycles. The van der Waals surface area contributed by atoms with Gasteiger partial charge in [-0.2, -0.15) is 0 Å². The van der Waals surface area contributed by atoms with Crippen molar-refractivity contribution < 1.29 is 13.2 Å².